The molecular formula is C16H16ClIO2. The Bertz CT molecular complexity index is 641. The van der Waals surface area contributed by atoms with E-state index in [1.165, 1.54) is 0 Å². The summed E-state index contributed by atoms with van der Waals surface area (Å²) in [6.07, 6.45) is -0.755. The van der Waals surface area contributed by atoms with Crippen LogP contribution in [-0.4, -0.2) is 12.2 Å². The van der Waals surface area contributed by atoms with Gasteiger partial charge in [0.15, 0.2) is 0 Å². The molecule has 2 nitrogen and oxygen atoms in total. The Morgan fingerprint density at radius 1 is 1.15 bits per heavy atom. The van der Waals surface area contributed by atoms with Crippen LogP contribution in [0.15, 0.2) is 30.3 Å². The van der Waals surface area contributed by atoms with E-state index in [0.717, 1.165) is 31.6 Å². The van der Waals surface area contributed by atoms with Gasteiger partial charge in [-0.1, -0.05) is 23.7 Å². The molecule has 2 aromatic rings. The lowest BCUT2D eigenvalue weighted by Gasteiger charge is -2.19. The Balaban J connectivity index is 2.56. The van der Waals surface area contributed by atoms with Crippen molar-refractivity contribution in [3.05, 3.63) is 61.2 Å². The van der Waals surface area contributed by atoms with Crippen LogP contribution in [-0.2, 0) is 0 Å². The number of halogens is 2. The summed E-state index contributed by atoms with van der Waals surface area (Å²) in [7, 11) is 1.63. The van der Waals surface area contributed by atoms with Crippen molar-refractivity contribution < 1.29 is 9.84 Å². The smallest absolute Gasteiger partial charge is 0.128 e. The van der Waals surface area contributed by atoms with Crippen LogP contribution in [0.5, 0.6) is 5.75 Å². The van der Waals surface area contributed by atoms with Crippen molar-refractivity contribution >= 4 is 34.2 Å². The molecule has 0 amide bonds. The van der Waals surface area contributed by atoms with E-state index in [2.05, 4.69) is 22.6 Å². The molecule has 0 aromatic heterocycles. The SMILES string of the molecule is COc1c(C(O)c2cc(Cl)ccc2I)ccc(C)c1C. The maximum absolute atomic E-state index is 10.7. The van der Waals surface area contributed by atoms with Crippen LogP contribution in [0.3, 0.4) is 0 Å². The average molecular weight is 403 g/mol. The summed E-state index contributed by atoms with van der Waals surface area (Å²) in [6, 6.07) is 9.41. The Morgan fingerprint density at radius 3 is 2.50 bits per heavy atom. The van der Waals surface area contributed by atoms with Crippen LogP contribution in [0.2, 0.25) is 5.02 Å². The van der Waals surface area contributed by atoms with Gasteiger partial charge in [-0.15, -0.1) is 0 Å². The molecule has 0 saturated heterocycles. The van der Waals surface area contributed by atoms with Crippen molar-refractivity contribution in [2.75, 3.05) is 7.11 Å². The van der Waals surface area contributed by atoms with E-state index in [0.29, 0.717) is 5.02 Å². The molecular weight excluding hydrogens is 387 g/mol. The fraction of sp³-hybridized carbons (Fsp3) is 0.250. The summed E-state index contributed by atoms with van der Waals surface area (Å²) in [5.41, 5.74) is 3.73. The van der Waals surface area contributed by atoms with Crippen molar-refractivity contribution in [3.8, 4) is 5.75 Å². The van der Waals surface area contributed by atoms with Gasteiger partial charge < -0.3 is 9.84 Å². The normalized spacial score (nSPS) is 12.3. The van der Waals surface area contributed by atoms with Crippen LogP contribution in [0.1, 0.15) is 28.4 Å². The minimum atomic E-state index is -0.755. The molecule has 1 atom stereocenters. The Kier molecular flexibility index (Phi) is 4.94. The van der Waals surface area contributed by atoms with Gasteiger partial charge in [-0.3, -0.25) is 0 Å². The second kappa shape index (κ2) is 6.33. The zero-order valence-electron chi connectivity index (χ0n) is 11.6. The van der Waals surface area contributed by atoms with Crippen LogP contribution in [0.4, 0.5) is 0 Å². The summed E-state index contributed by atoms with van der Waals surface area (Å²) < 4.78 is 6.45. The molecule has 1 N–H and O–H groups in total. The fourth-order valence-electron chi connectivity index (χ4n) is 2.19. The molecule has 0 bridgehead atoms. The molecule has 2 aromatic carbocycles. The van der Waals surface area contributed by atoms with E-state index in [1.54, 1.807) is 13.2 Å². The molecule has 0 aliphatic carbocycles. The molecule has 1 unspecified atom stereocenters. The first-order valence-electron chi connectivity index (χ1n) is 6.22. The van der Waals surface area contributed by atoms with Gasteiger partial charge in [0.05, 0.1) is 7.11 Å². The largest absolute Gasteiger partial charge is 0.496 e. The lowest BCUT2D eigenvalue weighted by Crippen LogP contribution is -2.06. The lowest BCUT2D eigenvalue weighted by atomic mass is 9.96. The molecule has 0 radical (unpaired) electrons. The van der Waals surface area contributed by atoms with Gasteiger partial charge >= 0.3 is 0 Å². The van der Waals surface area contributed by atoms with E-state index < -0.39 is 6.10 Å². The second-order valence-electron chi connectivity index (χ2n) is 4.70. The zero-order valence-corrected chi connectivity index (χ0v) is 14.5. The number of hydrogen-bond acceptors (Lipinski definition) is 2. The van der Waals surface area contributed by atoms with Crippen LogP contribution < -0.4 is 4.74 Å². The lowest BCUT2D eigenvalue weighted by molar-refractivity contribution is 0.213. The third kappa shape index (κ3) is 2.95. The standard InChI is InChI=1S/C16H16ClIO2/c1-9-4-6-12(16(20-3)10(9)2)15(19)13-8-11(17)5-7-14(13)18/h4-8,15,19H,1-3H3. The molecule has 0 saturated carbocycles. The fourth-order valence-corrected chi connectivity index (χ4v) is 3.00. The van der Waals surface area contributed by atoms with E-state index in [9.17, 15) is 5.11 Å². The number of aryl methyl sites for hydroxylation is 1. The van der Waals surface area contributed by atoms with Crippen LogP contribution in [0.25, 0.3) is 0 Å². The summed E-state index contributed by atoms with van der Waals surface area (Å²) in [4.78, 5) is 0. The Labute approximate surface area is 137 Å². The van der Waals surface area contributed by atoms with Gasteiger partial charge in [0.25, 0.3) is 0 Å². The molecule has 0 fully saturated rings. The summed E-state index contributed by atoms with van der Waals surface area (Å²) in [5, 5.41) is 11.3. The topological polar surface area (TPSA) is 29.5 Å². The molecule has 0 aliphatic rings. The van der Waals surface area contributed by atoms with Gasteiger partial charge in [0, 0.05) is 14.2 Å². The van der Waals surface area contributed by atoms with Gasteiger partial charge in [0.1, 0.15) is 11.9 Å². The van der Waals surface area contributed by atoms with Crippen molar-refractivity contribution in [3.63, 3.8) is 0 Å². The van der Waals surface area contributed by atoms with E-state index in [1.807, 2.05) is 38.1 Å². The first-order chi connectivity index (χ1) is 9.45. The van der Waals surface area contributed by atoms with Crippen molar-refractivity contribution in [1.29, 1.82) is 0 Å². The predicted molar refractivity (Wildman–Crippen MR) is 90.7 cm³/mol. The molecule has 2 rings (SSSR count). The second-order valence-corrected chi connectivity index (χ2v) is 6.30. The Hall–Kier alpha value is -0.780. The number of hydrogen-bond donors (Lipinski definition) is 1. The molecule has 0 spiro atoms. The Morgan fingerprint density at radius 2 is 1.85 bits per heavy atom. The first kappa shape index (κ1) is 15.6. The van der Waals surface area contributed by atoms with E-state index in [-0.39, 0.29) is 0 Å². The van der Waals surface area contributed by atoms with Gasteiger partial charge in [-0.2, -0.15) is 0 Å². The summed E-state index contributed by atoms with van der Waals surface area (Å²) in [5.74, 6) is 0.730. The third-order valence-corrected chi connectivity index (χ3v) is 4.68. The van der Waals surface area contributed by atoms with Crippen LogP contribution >= 0.6 is 34.2 Å². The summed E-state index contributed by atoms with van der Waals surface area (Å²) >= 11 is 8.23. The van der Waals surface area contributed by atoms with E-state index >= 15 is 0 Å². The highest BCUT2D eigenvalue weighted by Crippen LogP contribution is 2.36. The van der Waals surface area contributed by atoms with E-state index in [4.69, 9.17) is 16.3 Å². The van der Waals surface area contributed by atoms with Crippen molar-refractivity contribution in [2.24, 2.45) is 0 Å². The number of methoxy groups -OCH3 is 1. The number of aliphatic hydroxyl groups is 1. The molecule has 20 heavy (non-hydrogen) atoms. The highest BCUT2D eigenvalue weighted by molar-refractivity contribution is 14.1. The molecule has 106 valence electrons. The monoisotopic (exact) mass is 402 g/mol. The van der Waals surface area contributed by atoms with Gasteiger partial charge in [-0.25, -0.2) is 0 Å². The third-order valence-electron chi connectivity index (χ3n) is 3.46. The zero-order chi connectivity index (χ0) is 14.9. The minimum absolute atomic E-state index is 0.613. The van der Waals surface area contributed by atoms with Gasteiger partial charge in [-0.05, 0) is 71.3 Å². The molecule has 4 heteroatoms. The quantitative estimate of drug-likeness (QED) is 0.757. The van der Waals surface area contributed by atoms with Crippen LogP contribution in [0, 0.1) is 17.4 Å². The predicted octanol–water partition coefficient (Wildman–Crippen LogP) is 4.65. The van der Waals surface area contributed by atoms with Crippen molar-refractivity contribution in [1.82, 2.24) is 0 Å². The number of rotatable bonds is 3. The highest BCUT2D eigenvalue weighted by atomic mass is 127. The molecule has 0 heterocycles. The van der Waals surface area contributed by atoms with Crippen molar-refractivity contribution in [2.45, 2.75) is 20.0 Å². The molecule has 0 aliphatic heterocycles. The minimum Gasteiger partial charge on any atom is -0.496 e. The summed E-state index contributed by atoms with van der Waals surface area (Å²) in [6.45, 7) is 4.02. The highest BCUT2D eigenvalue weighted by Gasteiger charge is 2.20. The number of benzene rings is 2. The first-order valence-corrected chi connectivity index (χ1v) is 7.68. The van der Waals surface area contributed by atoms with Gasteiger partial charge in [0.2, 0.25) is 0 Å². The number of aliphatic hydroxyl groups excluding tert-OH is 1. The maximum Gasteiger partial charge on any atom is 0.128 e. The number of ether oxygens (including phenoxy) is 1. The maximum atomic E-state index is 10.7. The average Bonchev–Trinajstić information content (AvgIpc) is 2.43.